The van der Waals surface area contributed by atoms with Crippen LogP contribution in [0.15, 0.2) is 29.4 Å². The average Bonchev–Trinajstić information content (AvgIpc) is 2.35. The predicted octanol–water partition coefficient (Wildman–Crippen LogP) is 2.32. The molecule has 1 aromatic carbocycles. The summed E-state index contributed by atoms with van der Waals surface area (Å²) in [6.45, 7) is 0.291. The van der Waals surface area contributed by atoms with E-state index in [4.69, 9.17) is 10.2 Å². The summed E-state index contributed by atoms with van der Waals surface area (Å²) in [4.78, 5) is 10.3. The molecule has 0 amide bonds. The van der Waals surface area contributed by atoms with Gasteiger partial charge >= 0.3 is 0 Å². The second kappa shape index (κ2) is 7.09. The normalized spacial score (nSPS) is 12.4. The fourth-order valence-electron chi connectivity index (χ4n) is 1.78. The van der Waals surface area contributed by atoms with E-state index in [1.54, 1.807) is 12.1 Å². The van der Waals surface area contributed by atoms with Gasteiger partial charge in [-0.15, -0.1) is 4.91 Å². The maximum absolute atomic E-state index is 10.3. The van der Waals surface area contributed by atoms with Gasteiger partial charge in [-0.1, -0.05) is 12.1 Å². The quantitative estimate of drug-likeness (QED) is 0.697. The van der Waals surface area contributed by atoms with Gasteiger partial charge in [0.05, 0.1) is 0 Å². The van der Waals surface area contributed by atoms with Crippen LogP contribution >= 0.6 is 0 Å². The summed E-state index contributed by atoms with van der Waals surface area (Å²) < 4.78 is 0. The zero-order valence-corrected chi connectivity index (χ0v) is 9.17. The summed E-state index contributed by atoms with van der Waals surface area (Å²) in [5.41, 5.74) is 1.49. The third-order valence-electron chi connectivity index (χ3n) is 2.66. The van der Waals surface area contributed by atoms with E-state index in [9.17, 15) is 4.91 Å². The number of nitroso groups, excluding NO2 is 1. The number of hydrogen-bond donors (Lipinski definition) is 2. The molecule has 0 saturated carbocycles. The van der Waals surface area contributed by atoms with E-state index in [2.05, 4.69) is 5.18 Å². The van der Waals surface area contributed by atoms with Crippen LogP contribution in [-0.4, -0.2) is 23.4 Å². The van der Waals surface area contributed by atoms with Crippen LogP contribution in [0.5, 0.6) is 0 Å². The molecule has 0 radical (unpaired) electrons. The van der Waals surface area contributed by atoms with Crippen LogP contribution in [-0.2, 0) is 0 Å². The lowest BCUT2D eigenvalue weighted by Crippen LogP contribution is -2.02. The lowest BCUT2D eigenvalue weighted by molar-refractivity contribution is 0.254. The van der Waals surface area contributed by atoms with Crippen molar-refractivity contribution in [3.8, 4) is 0 Å². The molecule has 0 fully saturated rings. The van der Waals surface area contributed by atoms with E-state index in [0.29, 0.717) is 12.1 Å². The molecule has 88 valence electrons. The Morgan fingerprint density at radius 1 is 1.06 bits per heavy atom. The van der Waals surface area contributed by atoms with E-state index in [0.717, 1.165) is 18.4 Å². The Balaban J connectivity index is 2.70. The molecule has 16 heavy (non-hydrogen) atoms. The molecule has 0 spiro atoms. The Hall–Kier alpha value is -1.26. The van der Waals surface area contributed by atoms with E-state index in [-0.39, 0.29) is 19.1 Å². The van der Waals surface area contributed by atoms with E-state index < -0.39 is 0 Å². The Labute approximate surface area is 94.9 Å². The summed E-state index contributed by atoms with van der Waals surface area (Å²) >= 11 is 0. The molecular formula is C12H17NO3. The van der Waals surface area contributed by atoms with Crippen molar-refractivity contribution in [2.24, 2.45) is 5.18 Å². The first kappa shape index (κ1) is 12.8. The summed E-state index contributed by atoms with van der Waals surface area (Å²) in [7, 11) is 0. The van der Waals surface area contributed by atoms with Crippen LogP contribution in [0, 0.1) is 4.91 Å². The second-order valence-electron chi connectivity index (χ2n) is 3.76. The predicted molar refractivity (Wildman–Crippen MR) is 62.7 cm³/mol. The average molecular weight is 223 g/mol. The molecule has 1 unspecified atom stereocenters. The van der Waals surface area contributed by atoms with Gasteiger partial charge in [0.1, 0.15) is 5.69 Å². The van der Waals surface area contributed by atoms with Gasteiger partial charge in [0.2, 0.25) is 0 Å². The van der Waals surface area contributed by atoms with E-state index in [1.165, 1.54) is 0 Å². The zero-order chi connectivity index (χ0) is 11.8. The minimum atomic E-state index is 0.129. The number of rotatable bonds is 7. The van der Waals surface area contributed by atoms with Crippen molar-refractivity contribution in [3.05, 3.63) is 34.7 Å². The first-order chi connectivity index (χ1) is 7.81. The van der Waals surface area contributed by atoms with Gasteiger partial charge < -0.3 is 10.2 Å². The standard InChI is InChI=1S/C12H17NO3/c14-8-1-2-10(7-9-15)11-3-5-12(13-16)6-4-11/h3-6,10,14-15H,1-2,7-9H2. The van der Waals surface area contributed by atoms with Gasteiger partial charge in [0.15, 0.2) is 0 Å². The molecule has 2 N–H and O–H groups in total. The smallest absolute Gasteiger partial charge is 0.108 e. The minimum absolute atomic E-state index is 0.129. The molecular weight excluding hydrogens is 206 g/mol. The Morgan fingerprint density at radius 3 is 2.25 bits per heavy atom. The summed E-state index contributed by atoms with van der Waals surface area (Å²) in [5.74, 6) is 0.234. The topological polar surface area (TPSA) is 69.9 Å². The highest BCUT2D eigenvalue weighted by Crippen LogP contribution is 2.26. The fourth-order valence-corrected chi connectivity index (χ4v) is 1.78. The van der Waals surface area contributed by atoms with Crippen molar-refractivity contribution < 1.29 is 10.2 Å². The highest BCUT2D eigenvalue weighted by Gasteiger charge is 2.10. The molecule has 0 bridgehead atoms. The van der Waals surface area contributed by atoms with Gasteiger partial charge in [0.25, 0.3) is 0 Å². The van der Waals surface area contributed by atoms with Crippen LogP contribution < -0.4 is 0 Å². The lowest BCUT2D eigenvalue weighted by Gasteiger charge is -2.15. The lowest BCUT2D eigenvalue weighted by atomic mass is 9.91. The van der Waals surface area contributed by atoms with Crippen molar-refractivity contribution in [3.63, 3.8) is 0 Å². The first-order valence-electron chi connectivity index (χ1n) is 5.47. The number of benzene rings is 1. The molecule has 1 atom stereocenters. The second-order valence-corrected chi connectivity index (χ2v) is 3.76. The number of aliphatic hydroxyl groups excluding tert-OH is 2. The number of nitrogens with zero attached hydrogens (tertiary/aromatic N) is 1. The SMILES string of the molecule is O=Nc1ccc(C(CCO)CCCO)cc1. The third kappa shape index (κ3) is 3.72. The molecule has 0 saturated heterocycles. The summed E-state index contributed by atoms with van der Waals surface area (Å²) in [6.07, 6.45) is 2.23. The summed E-state index contributed by atoms with van der Waals surface area (Å²) in [5, 5.41) is 20.6. The van der Waals surface area contributed by atoms with Gasteiger partial charge in [-0.05, 0) is 48.1 Å². The third-order valence-corrected chi connectivity index (χ3v) is 2.66. The Kier molecular flexibility index (Phi) is 5.67. The van der Waals surface area contributed by atoms with Crippen LogP contribution in [0.25, 0.3) is 0 Å². The molecule has 0 aliphatic rings. The van der Waals surface area contributed by atoms with Gasteiger partial charge in [-0.3, -0.25) is 0 Å². The highest BCUT2D eigenvalue weighted by atomic mass is 16.3. The first-order valence-corrected chi connectivity index (χ1v) is 5.47. The van der Waals surface area contributed by atoms with E-state index in [1.807, 2.05) is 12.1 Å². The van der Waals surface area contributed by atoms with Crippen LogP contribution in [0.1, 0.15) is 30.7 Å². The molecule has 0 heterocycles. The Bertz CT molecular complexity index is 311. The maximum atomic E-state index is 10.3. The largest absolute Gasteiger partial charge is 0.396 e. The molecule has 0 aliphatic heterocycles. The highest BCUT2D eigenvalue weighted by molar-refractivity contribution is 5.39. The molecule has 1 rings (SSSR count). The van der Waals surface area contributed by atoms with Crippen molar-refractivity contribution in [1.29, 1.82) is 0 Å². The van der Waals surface area contributed by atoms with Crippen molar-refractivity contribution in [2.75, 3.05) is 13.2 Å². The fraction of sp³-hybridized carbons (Fsp3) is 0.500. The number of aliphatic hydroxyl groups is 2. The van der Waals surface area contributed by atoms with E-state index >= 15 is 0 Å². The van der Waals surface area contributed by atoms with Crippen LogP contribution in [0.4, 0.5) is 5.69 Å². The molecule has 1 aromatic rings. The monoisotopic (exact) mass is 223 g/mol. The van der Waals surface area contributed by atoms with Crippen LogP contribution in [0.3, 0.4) is 0 Å². The van der Waals surface area contributed by atoms with Crippen molar-refractivity contribution in [2.45, 2.75) is 25.2 Å². The molecule has 4 heteroatoms. The van der Waals surface area contributed by atoms with Crippen molar-refractivity contribution in [1.82, 2.24) is 0 Å². The Morgan fingerprint density at radius 2 is 1.75 bits per heavy atom. The summed E-state index contributed by atoms with van der Waals surface area (Å²) in [6, 6.07) is 7.06. The van der Waals surface area contributed by atoms with Crippen LogP contribution in [0.2, 0.25) is 0 Å². The molecule has 0 aromatic heterocycles. The zero-order valence-electron chi connectivity index (χ0n) is 9.17. The molecule has 4 nitrogen and oxygen atoms in total. The van der Waals surface area contributed by atoms with Crippen molar-refractivity contribution >= 4 is 5.69 Å². The maximum Gasteiger partial charge on any atom is 0.108 e. The van der Waals surface area contributed by atoms with Gasteiger partial charge in [-0.2, -0.15) is 0 Å². The van der Waals surface area contributed by atoms with Gasteiger partial charge in [-0.25, -0.2) is 0 Å². The minimum Gasteiger partial charge on any atom is -0.396 e. The number of hydrogen-bond acceptors (Lipinski definition) is 4. The van der Waals surface area contributed by atoms with Gasteiger partial charge in [0, 0.05) is 13.2 Å². The molecule has 0 aliphatic carbocycles.